The lowest BCUT2D eigenvalue weighted by molar-refractivity contribution is -0.149. The van der Waals surface area contributed by atoms with E-state index in [1.54, 1.807) is 17.0 Å². The third kappa shape index (κ3) is 5.26. The van der Waals surface area contributed by atoms with Gasteiger partial charge >= 0.3 is 0 Å². The van der Waals surface area contributed by atoms with Crippen molar-refractivity contribution < 1.29 is 14.7 Å². The molecule has 1 heterocycles. The van der Waals surface area contributed by atoms with Crippen LogP contribution in [-0.4, -0.2) is 45.3 Å². The maximum atomic E-state index is 14.6. The zero-order valence-electron chi connectivity index (χ0n) is 20.7. The molecular formula is C32H30N2O3. The molecule has 1 fully saturated rings. The van der Waals surface area contributed by atoms with Crippen LogP contribution in [-0.2, 0) is 24.2 Å². The number of nitrogens with zero attached hydrogens (tertiary/aromatic N) is 2. The highest BCUT2D eigenvalue weighted by atomic mass is 16.3. The van der Waals surface area contributed by atoms with Gasteiger partial charge in [0.1, 0.15) is 11.3 Å². The predicted octanol–water partition coefficient (Wildman–Crippen LogP) is 5.10. The molecule has 0 aromatic heterocycles. The van der Waals surface area contributed by atoms with Crippen molar-refractivity contribution in [2.24, 2.45) is 0 Å². The van der Waals surface area contributed by atoms with Crippen molar-refractivity contribution in [1.29, 1.82) is 0 Å². The number of hydrogen-bond acceptors (Lipinski definition) is 3. The molecule has 2 amide bonds. The molecular weight excluding hydrogens is 460 g/mol. The highest BCUT2D eigenvalue weighted by Gasteiger charge is 2.51. The summed E-state index contributed by atoms with van der Waals surface area (Å²) in [4.78, 5) is 32.2. The van der Waals surface area contributed by atoms with Gasteiger partial charge in [-0.05, 0) is 41.0 Å². The fourth-order valence-corrected chi connectivity index (χ4v) is 5.22. The van der Waals surface area contributed by atoms with E-state index in [1.165, 1.54) is 0 Å². The summed E-state index contributed by atoms with van der Waals surface area (Å²) in [7, 11) is 0. The Morgan fingerprint density at radius 1 is 0.676 bits per heavy atom. The van der Waals surface area contributed by atoms with Crippen LogP contribution in [0.15, 0.2) is 115 Å². The summed E-state index contributed by atoms with van der Waals surface area (Å²) in [6, 6.07) is 36.0. The normalized spacial score (nSPS) is 15.0. The van der Waals surface area contributed by atoms with Gasteiger partial charge in [-0.1, -0.05) is 91.0 Å². The summed E-state index contributed by atoms with van der Waals surface area (Å²) >= 11 is 0. The van der Waals surface area contributed by atoms with Crippen LogP contribution in [0.5, 0.6) is 5.75 Å². The van der Waals surface area contributed by atoms with Crippen LogP contribution in [0.2, 0.25) is 0 Å². The minimum Gasteiger partial charge on any atom is -0.508 e. The van der Waals surface area contributed by atoms with Crippen molar-refractivity contribution in [1.82, 2.24) is 9.80 Å². The summed E-state index contributed by atoms with van der Waals surface area (Å²) in [6.07, 6.45) is 0.818. The molecule has 0 atom stereocenters. The summed E-state index contributed by atoms with van der Waals surface area (Å²) < 4.78 is 0. The van der Waals surface area contributed by atoms with Gasteiger partial charge in [0.2, 0.25) is 5.91 Å². The summed E-state index contributed by atoms with van der Waals surface area (Å²) in [5.41, 5.74) is 2.42. The van der Waals surface area contributed by atoms with E-state index in [0.29, 0.717) is 38.0 Å². The molecule has 5 heteroatoms. The van der Waals surface area contributed by atoms with Crippen molar-refractivity contribution >= 4 is 11.8 Å². The predicted molar refractivity (Wildman–Crippen MR) is 144 cm³/mol. The molecule has 1 aliphatic rings. The molecule has 186 valence electrons. The van der Waals surface area contributed by atoms with Crippen molar-refractivity contribution in [3.05, 3.63) is 138 Å². The van der Waals surface area contributed by atoms with E-state index in [-0.39, 0.29) is 17.6 Å². The van der Waals surface area contributed by atoms with Gasteiger partial charge in [0.15, 0.2) is 0 Å². The number of amides is 2. The zero-order valence-corrected chi connectivity index (χ0v) is 20.7. The minimum atomic E-state index is -1.09. The van der Waals surface area contributed by atoms with Crippen LogP contribution in [0.1, 0.15) is 27.0 Å². The third-order valence-corrected chi connectivity index (χ3v) is 7.05. The largest absolute Gasteiger partial charge is 0.508 e. The number of carbonyl (C=O) groups excluding carboxylic acids is 2. The van der Waals surface area contributed by atoms with Gasteiger partial charge in [-0.3, -0.25) is 9.59 Å². The lowest BCUT2D eigenvalue weighted by atomic mass is 9.79. The summed E-state index contributed by atoms with van der Waals surface area (Å²) in [5, 5.41) is 9.71. The number of phenols is 1. The van der Waals surface area contributed by atoms with Crippen LogP contribution < -0.4 is 0 Å². The number of benzene rings is 4. The van der Waals surface area contributed by atoms with Gasteiger partial charge < -0.3 is 14.9 Å². The second-order valence-electron chi connectivity index (χ2n) is 9.57. The number of phenolic OH excluding ortho intramolecular Hbond substituents is 1. The molecule has 0 saturated carbocycles. The monoisotopic (exact) mass is 490 g/mol. The van der Waals surface area contributed by atoms with Crippen LogP contribution in [0.25, 0.3) is 0 Å². The second kappa shape index (κ2) is 10.7. The van der Waals surface area contributed by atoms with Gasteiger partial charge in [0.25, 0.3) is 5.91 Å². The Morgan fingerprint density at radius 3 is 1.73 bits per heavy atom. The minimum absolute atomic E-state index is 0.0659. The highest BCUT2D eigenvalue weighted by Crippen LogP contribution is 2.34. The van der Waals surface area contributed by atoms with E-state index in [0.717, 1.165) is 16.7 Å². The number of aromatic hydroxyl groups is 1. The smallest absolute Gasteiger partial charge is 0.254 e. The van der Waals surface area contributed by atoms with Crippen molar-refractivity contribution in [3.63, 3.8) is 0 Å². The molecule has 5 rings (SSSR count). The van der Waals surface area contributed by atoms with Gasteiger partial charge in [-0.15, -0.1) is 0 Å². The third-order valence-electron chi connectivity index (χ3n) is 7.05. The standard InChI is InChI=1S/C32H30N2O3/c35-29-18-16-27(17-19-29)24-33-20-21-34(30(36)28-14-8-3-9-15-28)32(31(33)37,22-25-10-4-1-5-11-25)23-26-12-6-2-7-13-26/h1-19,35H,20-24H2. The van der Waals surface area contributed by atoms with Crippen LogP contribution in [0, 0.1) is 0 Å². The molecule has 4 aromatic carbocycles. The van der Waals surface area contributed by atoms with Crippen molar-refractivity contribution in [3.8, 4) is 5.75 Å². The van der Waals surface area contributed by atoms with Crippen LogP contribution in [0.4, 0.5) is 0 Å². The van der Waals surface area contributed by atoms with E-state index >= 15 is 0 Å². The number of carbonyl (C=O) groups is 2. The number of piperazine rings is 1. The van der Waals surface area contributed by atoms with Gasteiger partial charge in [0.05, 0.1) is 0 Å². The van der Waals surface area contributed by atoms with Gasteiger partial charge in [-0.25, -0.2) is 0 Å². The lowest BCUT2D eigenvalue weighted by Crippen LogP contribution is -2.69. The molecule has 0 spiro atoms. The Balaban J connectivity index is 1.59. The topological polar surface area (TPSA) is 60.9 Å². The zero-order chi connectivity index (χ0) is 25.7. The second-order valence-corrected chi connectivity index (χ2v) is 9.57. The molecule has 37 heavy (non-hydrogen) atoms. The van der Waals surface area contributed by atoms with Crippen molar-refractivity contribution in [2.45, 2.75) is 24.9 Å². The Labute approximate surface area is 217 Å². The lowest BCUT2D eigenvalue weighted by Gasteiger charge is -2.50. The molecule has 0 unspecified atom stereocenters. The molecule has 1 saturated heterocycles. The highest BCUT2D eigenvalue weighted by molar-refractivity contribution is 6.00. The molecule has 5 nitrogen and oxygen atoms in total. The molecule has 0 aliphatic carbocycles. The quantitative estimate of drug-likeness (QED) is 0.392. The average Bonchev–Trinajstić information content (AvgIpc) is 2.94. The van der Waals surface area contributed by atoms with E-state index in [1.807, 2.05) is 108 Å². The molecule has 0 bridgehead atoms. The van der Waals surface area contributed by atoms with Crippen LogP contribution in [0.3, 0.4) is 0 Å². The van der Waals surface area contributed by atoms with Crippen LogP contribution >= 0.6 is 0 Å². The fraction of sp³-hybridized carbons (Fsp3) is 0.188. The Kier molecular flexibility index (Phi) is 7.04. The van der Waals surface area contributed by atoms with E-state index in [2.05, 4.69) is 0 Å². The summed E-state index contributed by atoms with van der Waals surface area (Å²) in [5.74, 6) is -0.00948. The van der Waals surface area contributed by atoms with Gasteiger partial charge in [-0.2, -0.15) is 0 Å². The first-order valence-corrected chi connectivity index (χ1v) is 12.6. The number of rotatable bonds is 7. The maximum Gasteiger partial charge on any atom is 0.254 e. The SMILES string of the molecule is O=C(c1ccccc1)N1CCN(Cc2ccc(O)cc2)C(=O)C1(Cc1ccccc1)Cc1ccccc1. The first-order chi connectivity index (χ1) is 18.0. The molecule has 1 aliphatic heterocycles. The average molecular weight is 491 g/mol. The van der Waals surface area contributed by atoms with E-state index in [4.69, 9.17) is 0 Å². The first-order valence-electron chi connectivity index (χ1n) is 12.6. The van der Waals surface area contributed by atoms with Crippen molar-refractivity contribution in [2.75, 3.05) is 13.1 Å². The van der Waals surface area contributed by atoms with Gasteiger partial charge in [0, 0.05) is 38.0 Å². The molecule has 0 radical (unpaired) electrons. The number of hydrogen-bond donors (Lipinski definition) is 1. The Hall–Kier alpha value is -4.38. The first kappa shape index (κ1) is 24.3. The van der Waals surface area contributed by atoms with E-state index < -0.39 is 5.54 Å². The Bertz CT molecular complexity index is 1300. The summed E-state index contributed by atoms with van der Waals surface area (Å²) in [6.45, 7) is 1.28. The Morgan fingerprint density at radius 2 is 1.19 bits per heavy atom. The molecule has 1 N–H and O–H groups in total. The fourth-order valence-electron chi connectivity index (χ4n) is 5.22. The molecule has 4 aromatic rings. The maximum absolute atomic E-state index is 14.6. The van der Waals surface area contributed by atoms with E-state index in [9.17, 15) is 14.7 Å².